The van der Waals surface area contributed by atoms with Gasteiger partial charge in [0, 0.05) is 25.8 Å². The van der Waals surface area contributed by atoms with Crippen LogP contribution >= 0.6 is 0 Å². The summed E-state index contributed by atoms with van der Waals surface area (Å²) in [6.45, 7) is 2.81. The van der Waals surface area contributed by atoms with Crippen molar-refractivity contribution in [3.8, 4) is 0 Å². The number of rotatable bonds is 5. The van der Waals surface area contributed by atoms with Crippen LogP contribution in [0.5, 0.6) is 0 Å². The van der Waals surface area contributed by atoms with Gasteiger partial charge in [0.2, 0.25) is 0 Å². The lowest BCUT2D eigenvalue weighted by atomic mass is 9.81. The van der Waals surface area contributed by atoms with Crippen LogP contribution in [0.25, 0.3) is 0 Å². The second-order valence-electron chi connectivity index (χ2n) is 5.85. The Morgan fingerprint density at radius 1 is 1.30 bits per heavy atom. The monoisotopic (exact) mass is 275 g/mol. The van der Waals surface area contributed by atoms with Crippen LogP contribution < -0.4 is 5.32 Å². The molecule has 4 unspecified atom stereocenters. The van der Waals surface area contributed by atoms with Crippen LogP contribution in [0.4, 0.5) is 0 Å². The van der Waals surface area contributed by atoms with E-state index in [0.717, 1.165) is 13.0 Å². The molecule has 20 heavy (non-hydrogen) atoms. The molecule has 1 fully saturated rings. The fourth-order valence-electron chi connectivity index (χ4n) is 3.62. The molecule has 3 rings (SSSR count). The van der Waals surface area contributed by atoms with Crippen molar-refractivity contribution < 1.29 is 9.47 Å². The van der Waals surface area contributed by atoms with Crippen molar-refractivity contribution in [2.45, 2.75) is 56.9 Å². The Morgan fingerprint density at radius 3 is 2.95 bits per heavy atom. The van der Waals surface area contributed by atoms with Crippen molar-refractivity contribution in [1.82, 2.24) is 5.32 Å². The van der Waals surface area contributed by atoms with Gasteiger partial charge in [0.15, 0.2) is 0 Å². The number of methoxy groups -OCH3 is 1. The first-order chi connectivity index (χ1) is 9.83. The van der Waals surface area contributed by atoms with Crippen molar-refractivity contribution in [1.29, 1.82) is 0 Å². The molecular formula is C17H25NO2. The van der Waals surface area contributed by atoms with Crippen LogP contribution in [-0.2, 0) is 15.9 Å². The van der Waals surface area contributed by atoms with Crippen LogP contribution in [0, 0.1) is 0 Å². The number of hydrogen-bond donors (Lipinski definition) is 1. The average Bonchev–Trinajstić information content (AvgIpc) is 2.46. The molecule has 1 aromatic rings. The maximum atomic E-state index is 5.71. The Labute approximate surface area is 121 Å². The molecule has 0 aromatic heterocycles. The molecule has 0 aliphatic heterocycles. The minimum atomic E-state index is 0.198. The van der Waals surface area contributed by atoms with E-state index in [4.69, 9.17) is 9.47 Å². The molecule has 0 spiro atoms. The molecule has 1 aromatic carbocycles. The van der Waals surface area contributed by atoms with Crippen molar-refractivity contribution in [2.75, 3.05) is 13.7 Å². The van der Waals surface area contributed by atoms with Crippen LogP contribution in [0.15, 0.2) is 24.3 Å². The van der Waals surface area contributed by atoms with Crippen molar-refractivity contribution >= 4 is 0 Å². The number of ether oxygens (including phenoxy) is 2. The van der Waals surface area contributed by atoms with Crippen LogP contribution in [-0.4, -0.2) is 32.0 Å². The molecule has 0 heterocycles. The van der Waals surface area contributed by atoms with Crippen LogP contribution in [0.3, 0.4) is 0 Å². The van der Waals surface area contributed by atoms with Gasteiger partial charge in [-0.05, 0) is 43.7 Å². The second kappa shape index (κ2) is 6.25. The first-order valence-corrected chi connectivity index (χ1v) is 7.81. The van der Waals surface area contributed by atoms with Gasteiger partial charge in [-0.15, -0.1) is 0 Å². The van der Waals surface area contributed by atoms with E-state index in [1.165, 1.54) is 30.4 Å². The molecule has 0 amide bonds. The van der Waals surface area contributed by atoms with Gasteiger partial charge in [0.05, 0.1) is 12.2 Å². The van der Waals surface area contributed by atoms with E-state index in [0.29, 0.717) is 12.1 Å². The molecule has 0 bridgehead atoms. The average molecular weight is 275 g/mol. The molecule has 1 saturated carbocycles. The van der Waals surface area contributed by atoms with E-state index >= 15 is 0 Å². The van der Waals surface area contributed by atoms with E-state index in [1.807, 2.05) is 6.92 Å². The van der Waals surface area contributed by atoms with E-state index in [1.54, 1.807) is 7.11 Å². The number of fused-ring (bicyclic) bond motifs is 1. The number of hydrogen-bond acceptors (Lipinski definition) is 3. The molecule has 0 radical (unpaired) electrons. The highest BCUT2D eigenvalue weighted by atomic mass is 16.5. The summed E-state index contributed by atoms with van der Waals surface area (Å²) in [6, 6.07) is 9.73. The van der Waals surface area contributed by atoms with Gasteiger partial charge >= 0.3 is 0 Å². The first-order valence-electron chi connectivity index (χ1n) is 7.81. The Bertz CT molecular complexity index is 448. The second-order valence-corrected chi connectivity index (χ2v) is 5.85. The van der Waals surface area contributed by atoms with Crippen molar-refractivity contribution in [2.24, 2.45) is 0 Å². The maximum Gasteiger partial charge on any atom is 0.0987 e. The predicted octanol–water partition coefficient (Wildman–Crippen LogP) is 2.85. The lowest BCUT2D eigenvalue weighted by Crippen LogP contribution is -2.60. The molecule has 1 N–H and O–H groups in total. The predicted molar refractivity (Wildman–Crippen MR) is 79.9 cm³/mol. The molecule has 2 aliphatic rings. The summed E-state index contributed by atoms with van der Waals surface area (Å²) in [5.41, 5.74) is 2.99. The van der Waals surface area contributed by atoms with Gasteiger partial charge in [-0.3, -0.25) is 0 Å². The zero-order valence-electron chi connectivity index (χ0n) is 12.5. The summed E-state index contributed by atoms with van der Waals surface area (Å²) in [7, 11) is 1.79. The summed E-state index contributed by atoms with van der Waals surface area (Å²) in [5.74, 6) is 0. The molecule has 3 heteroatoms. The molecule has 4 atom stereocenters. The highest BCUT2D eigenvalue weighted by Gasteiger charge is 2.43. The van der Waals surface area contributed by atoms with Crippen molar-refractivity contribution in [3.63, 3.8) is 0 Å². The smallest absolute Gasteiger partial charge is 0.0987 e. The maximum absolute atomic E-state index is 5.71. The number of benzene rings is 1. The lowest BCUT2D eigenvalue weighted by Gasteiger charge is -2.45. The van der Waals surface area contributed by atoms with Gasteiger partial charge in [-0.1, -0.05) is 24.3 Å². The Hall–Kier alpha value is -0.900. The summed E-state index contributed by atoms with van der Waals surface area (Å²) in [6.07, 6.45) is 5.24. The number of aryl methyl sites for hydroxylation is 1. The third kappa shape index (κ3) is 2.62. The number of nitrogens with one attached hydrogen (secondary N) is 1. The fraction of sp³-hybridized carbons (Fsp3) is 0.647. The van der Waals surface area contributed by atoms with Crippen molar-refractivity contribution in [3.05, 3.63) is 35.4 Å². The Morgan fingerprint density at radius 2 is 2.15 bits per heavy atom. The normalized spacial score (nSPS) is 32.5. The molecular weight excluding hydrogens is 250 g/mol. The van der Waals surface area contributed by atoms with Crippen LogP contribution in [0.2, 0.25) is 0 Å². The largest absolute Gasteiger partial charge is 0.377 e. The van der Waals surface area contributed by atoms with Gasteiger partial charge in [0.1, 0.15) is 0 Å². The highest BCUT2D eigenvalue weighted by Crippen LogP contribution is 2.34. The summed E-state index contributed by atoms with van der Waals surface area (Å²) in [4.78, 5) is 0. The molecule has 110 valence electrons. The Kier molecular flexibility index (Phi) is 4.39. The van der Waals surface area contributed by atoms with Gasteiger partial charge in [-0.25, -0.2) is 0 Å². The van der Waals surface area contributed by atoms with Gasteiger partial charge in [-0.2, -0.15) is 0 Å². The summed E-state index contributed by atoms with van der Waals surface area (Å²) in [5, 5.41) is 3.80. The van der Waals surface area contributed by atoms with Gasteiger partial charge < -0.3 is 14.8 Å². The standard InChI is InChI=1S/C17H25NO2/c1-3-20-16-11-15(17(16)19-2)18-14-10-6-8-12-7-4-5-9-13(12)14/h4-5,7,9,14-18H,3,6,8,10-11H2,1-2H3. The topological polar surface area (TPSA) is 30.5 Å². The van der Waals surface area contributed by atoms with E-state index in [9.17, 15) is 0 Å². The molecule has 3 nitrogen and oxygen atoms in total. The zero-order valence-corrected chi connectivity index (χ0v) is 12.5. The SMILES string of the molecule is CCOC1CC(NC2CCCc3ccccc32)C1OC. The third-order valence-corrected chi connectivity index (χ3v) is 4.69. The third-order valence-electron chi connectivity index (χ3n) is 4.69. The molecule has 0 saturated heterocycles. The Balaban J connectivity index is 1.65. The fourth-order valence-corrected chi connectivity index (χ4v) is 3.62. The quantitative estimate of drug-likeness (QED) is 0.896. The minimum Gasteiger partial charge on any atom is -0.377 e. The summed E-state index contributed by atoms with van der Waals surface area (Å²) >= 11 is 0. The molecule has 2 aliphatic carbocycles. The van der Waals surface area contributed by atoms with E-state index < -0.39 is 0 Å². The van der Waals surface area contributed by atoms with E-state index in [2.05, 4.69) is 29.6 Å². The first kappa shape index (κ1) is 14.1. The van der Waals surface area contributed by atoms with E-state index in [-0.39, 0.29) is 12.2 Å². The van der Waals surface area contributed by atoms with Crippen LogP contribution in [0.1, 0.15) is 43.4 Å². The summed E-state index contributed by atoms with van der Waals surface area (Å²) < 4.78 is 11.3. The van der Waals surface area contributed by atoms with Gasteiger partial charge in [0.25, 0.3) is 0 Å². The minimum absolute atomic E-state index is 0.198. The highest BCUT2D eigenvalue weighted by molar-refractivity contribution is 5.32. The zero-order chi connectivity index (χ0) is 13.9. The lowest BCUT2D eigenvalue weighted by molar-refractivity contribution is -0.133.